The third-order valence-electron chi connectivity index (χ3n) is 4.45. The van der Waals surface area contributed by atoms with Crippen LogP contribution in [0.3, 0.4) is 0 Å². The molecule has 0 spiro atoms. The van der Waals surface area contributed by atoms with Crippen molar-refractivity contribution in [3.05, 3.63) is 23.8 Å². The van der Waals surface area contributed by atoms with Gasteiger partial charge < -0.3 is 15.8 Å². The summed E-state index contributed by atoms with van der Waals surface area (Å²) in [6.45, 7) is 0.806. The predicted molar refractivity (Wildman–Crippen MR) is 78.7 cm³/mol. The number of hydrogen-bond acceptors (Lipinski definition) is 3. The highest BCUT2D eigenvalue weighted by Gasteiger charge is 2.41. The Morgan fingerprint density at radius 2 is 2.00 bits per heavy atom. The Bertz CT molecular complexity index is 495. The van der Waals surface area contributed by atoms with Gasteiger partial charge in [0.25, 0.3) is 5.91 Å². The van der Waals surface area contributed by atoms with Crippen LogP contribution in [0.5, 0.6) is 5.75 Å². The van der Waals surface area contributed by atoms with Crippen molar-refractivity contribution < 1.29 is 9.53 Å². The number of nitrogen functional groups attached to an aromatic ring is 1. The second kappa shape index (κ2) is 5.35. The van der Waals surface area contributed by atoms with Crippen LogP contribution in [0, 0.1) is 17.8 Å². The zero-order chi connectivity index (χ0) is 14.1. The van der Waals surface area contributed by atoms with Gasteiger partial charge in [0.15, 0.2) is 0 Å². The predicted octanol–water partition coefficient (Wildman–Crippen LogP) is 2.44. The molecular formula is C16H22N2O2. The fraction of sp³-hybridized carbons (Fsp3) is 0.562. The van der Waals surface area contributed by atoms with E-state index in [0.29, 0.717) is 22.9 Å². The lowest BCUT2D eigenvalue weighted by atomic mass is 9.98. The molecule has 2 aliphatic carbocycles. The standard InChI is InChI=1S/C16H22N2O2/c1-20-15-7-6-12(8-14(15)17)16(19)18-9-13(10-2-3-10)11-4-5-11/h6-8,10-11,13H,2-5,9,17H2,1H3,(H,18,19). The summed E-state index contributed by atoms with van der Waals surface area (Å²) in [5.41, 5.74) is 6.94. The molecule has 0 aliphatic heterocycles. The molecule has 0 saturated heterocycles. The summed E-state index contributed by atoms with van der Waals surface area (Å²) < 4.78 is 5.10. The van der Waals surface area contributed by atoms with Gasteiger partial charge >= 0.3 is 0 Å². The summed E-state index contributed by atoms with van der Waals surface area (Å²) in [7, 11) is 1.57. The molecule has 0 bridgehead atoms. The number of nitrogens with two attached hydrogens (primary N) is 1. The van der Waals surface area contributed by atoms with E-state index in [-0.39, 0.29) is 5.91 Å². The summed E-state index contributed by atoms with van der Waals surface area (Å²) in [5.74, 6) is 2.96. The van der Waals surface area contributed by atoms with Gasteiger partial charge in [0, 0.05) is 12.1 Å². The molecule has 0 unspecified atom stereocenters. The molecule has 0 aromatic heterocycles. The molecule has 20 heavy (non-hydrogen) atoms. The van der Waals surface area contributed by atoms with E-state index < -0.39 is 0 Å². The third kappa shape index (κ3) is 2.89. The van der Waals surface area contributed by atoms with E-state index in [2.05, 4.69) is 5.32 Å². The zero-order valence-electron chi connectivity index (χ0n) is 11.9. The number of carbonyl (C=O) groups excluding carboxylic acids is 1. The molecule has 2 fully saturated rings. The lowest BCUT2D eigenvalue weighted by Gasteiger charge is -2.16. The van der Waals surface area contributed by atoms with Gasteiger partial charge in [-0.25, -0.2) is 0 Å². The van der Waals surface area contributed by atoms with Crippen LogP contribution in [-0.2, 0) is 0 Å². The number of anilines is 1. The van der Waals surface area contributed by atoms with Crippen molar-refractivity contribution in [3.63, 3.8) is 0 Å². The van der Waals surface area contributed by atoms with E-state index in [1.807, 2.05) is 0 Å². The van der Waals surface area contributed by atoms with Crippen LogP contribution in [-0.4, -0.2) is 19.6 Å². The van der Waals surface area contributed by atoms with Gasteiger partial charge in [0.1, 0.15) is 5.75 Å². The number of nitrogens with one attached hydrogen (secondary N) is 1. The first-order valence-corrected chi connectivity index (χ1v) is 7.40. The summed E-state index contributed by atoms with van der Waals surface area (Å²) in [6, 6.07) is 5.18. The van der Waals surface area contributed by atoms with E-state index in [1.54, 1.807) is 25.3 Å². The van der Waals surface area contributed by atoms with Gasteiger partial charge in [-0.05, 0) is 61.6 Å². The van der Waals surface area contributed by atoms with E-state index in [4.69, 9.17) is 10.5 Å². The van der Waals surface area contributed by atoms with E-state index in [0.717, 1.165) is 18.4 Å². The first-order chi connectivity index (χ1) is 9.69. The number of amides is 1. The van der Waals surface area contributed by atoms with Crippen LogP contribution in [0.25, 0.3) is 0 Å². The van der Waals surface area contributed by atoms with Gasteiger partial charge in [0.05, 0.1) is 12.8 Å². The van der Waals surface area contributed by atoms with Crippen LogP contribution in [0.4, 0.5) is 5.69 Å². The average molecular weight is 274 g/mol. The molecule has 0 radical (unpaired) electrons. The van der Waals surface area contributed by atoms with Crippen LogP contribution in [0.15, 0.2) is 18.2 Å². The maximum absolute atomic E-state index is 12.2. The Morgan fingerprint density at radius 3 is 2.50 bits per heavy atom. The second-order valence-electron chi connectivity index (χ2n) is 6.01. The number of methoxy groups -OCH3 is 1. The Balaban J connectivity index is 1.59. The fourth-order valence-electron chi connectivity index (χ4n) is 2.96. The van der Waals surface area contributed by atoms with Crippen LogP contribution < -0.4 is 15.8 Å². The normalized spacial score (nSPS) is 18.1. The number of benzene rings is 1. The van der Waals surface area contributed by atoms with Crippen molar-refractivity contribution in [1.29, 1.82) is 0 Å². The molecule has 4 nitrogen and oxygen atoms in total. The molecule has 4 heteroatoms. The molecule has 108 valence electrons. The van der Waals surface area contributed by atoms with Crippen molar-refractivity contribution in [3.8, 4) is 5.75 Å². The number of ether oxygens (including phenoxy) is 1. The summed E-state index contributed by atoms with van der Waals surface area (Å²) in [5, 5.41) is 3.07. The zero-order valence-corrected chi connectivity index (χ0v) is 11.9. The highest BCUT2D eigenvalue weighted by Crippen LogP contribution is 2.48. The largest absolute Gasteiger partial charge is 0.495 e. The van der Waals surface area contributed by atoms with Gasteiger partial charge in [-0.15, -0.1) is 0 Å². The van der Waals surface area contributed by atoms with Crippen molar-refractivity contribution >= 4 is 11.6 Å². The number of hydrogen-bond donors (Lipinski definition) is 2. The maximum Gasteiger partial charge on any atom is 0.251 e. The molecular weight excluding hydrogens is 252 g/mol. The number of rotatable bonds is 6. The average Bonchev–Trinajstić information content (AvgIpc) is 3.31. The van der Waals surface area contributed by atoms with E-state index >= 15 is 0 Å². The van der Waals surface area contributed by atoms with Crippen molar-refractivity contribution in [1.82, 2.24) is 5.32 Å². The quantitative estimate of drug-likeness (QED) is 0.783. The smallest absolute Gasteiger partial charge is 0.251 e. The van der Waals surface area contributed by atoms with Crippen molar-refractivity contribution in [2.24, 2.45) is 17.8 Å². The fourth-order valence-corrected chi connectivity index (χ4v) is 2.96. The minimum absolute atomic E-state index is 0.0364. The Morgan fingerprint density at radius 1 is 1.35 bits per heavy atom. The van der Waals surface area contributed by atoms with E-state index in [1.165, 1.54) is 25.7 Å². The monoisotopic (exact) mass is 274 g/mol. The Labute approximate surface area is 119 Å². The molecule has 0 atom stereocenters. The molecule has 1 aromatic carbocycles. The first-order valence-electron chi connectivity index (χ1n) is 7.40. The highest BCUT2D eigenvalue weighted by molar-refractivity contribution is 5.95. The molecule has 2 aliphatic rings. The molecule has 3 N–H and O–H groups in total. The molecule has 0 heterocycles. The van der Waals surface area contributed by atoms with Gasteiger partial charge in [-0.3, -0.25) is 4.79 Å². The number of carbonyl (C=O) groups is 1. The molecule has 3 rings (SSSR count). The molecule has 1 amide bonds. The van der Waals surface area contributed by atoms with Crippen LogP contribution in [0.1, 0.15) is 36.0 Å². The Kier molecular flexibility index (Phi) is 3.55. The lowest BCUT2D eigenvalue weighted by molar-refractivity contribution is 0.0943. The lowest BCUT2D eigenvalue weighted by Crippen LogP contribution is -2.31. The topological polar surface area (TPSA) is 64.3 Å². The minimum Gasteiger partial charge on any atom is -0.495 e. The Hall–Kier alpha value is -1.71. The van der Waals surface area contributed by atoms with E-state index in [9.17, 15) is 4.79 Å². The van der Waals surface area contributed by atoms with Gasteiger partial charge in [0.2, 0.25) is 0 Å². The van der Waals surface area contributed by atoms with Gasteiger partial charge in [-0.2, -0.15) is 0 Å². The van der Waals surface area contributed by atoms with Crippen LogP contribution in [0.2, 0.25) is 0 Å². The SMILES string of the molecule is COc1ccc(C(=O)NCC(C2CC2)C2CC2)cc1N. The highest BCUT2D eigenvalue weighted by atomic mass is 16.5. The van der Waals surface area contributed by atoms with Crippen molar-refractivity contribution in [2.45, 2.75) is 25.7 Å². The summed E-state index contributed by atoms with van der Waals surface area (Å²) in [6.07, 6.45) is 5.36. The van der Waals surface area contributed by atoms with Crippen LogP contribution >= 0.6 is 0 Å². The molecule has 1 aromatic rings. The molecule has 2 saturated carbocycles. The minimum atomic E-state index is -0.0364. The third-order valence-corrected chi connectivity index (χ3v) is 4.45. The van der Waals surface area contributed by atoms with Crippen molar-refractivity contribution in [2.75, 3.05) is 19.4 Å². The second-order valence-corrected chi connectivity index (χ2v) is 6.01. The maximum atomic E-state index is 12.2. The van der Waals surface area contributed by atoms with Gasteiger partial charge in [-0.1, -0.05) is 0 Å². The summed E-state index contributed by atoms with van der Waals surface area (Å²) in [4.78, 5) is 12.2. The first kappa shape index (κ1) is 13.3. The summed E-state index contributed by atoms with van der Waals surface area (Å²) >= 11 is 0.